The normalized spacial score (nSPS) is 14.8. The number of carbonyl (C=O) groups is 4. The molecule has 0 bridgehead atoms. The van der Waals surface area contributed by atoms with Gasteiger partial charge in [-0.05, 0) is 90.8 Å². The Morgan fingerprint density at radius 1 is 0.667 bits per heavy atom. The lowest BCUT2D eigenvalue weighted by molar-refractivity contribution is -0.125. The zero-order valence-corrected chi connectivity index (χ0v) is 26.9. The Bertz CT molecular complexity index is 1390. The molecule has 2 fully saturated rings. The third-order valence-corrected chi connectivity index (χ3v) is 6.74. The first-order chi connectivity index (χ1) is 20.3. The number of hydrogen-bond donors (Lipinski definition) is 4. The molecular formula is C33H50N6O6. The first kappa shape index (κ1) is 36.7. The Hall–Kier alpha value is -4.48. The summed E-state index contributed by atoms with van der Waals surface area (Å²) in [5, 5.41) is 5.62. The van der Waals surface area contributed by atoms with Crippen molar-refractivity contribution in [2.75, 3.05) is 48.3 Å². The maximum Gasteiger partial charge on any atom is 0.410 e. The van der Waals surface area contributed by atoms with Gasteiger partial charge in [0.15, 0.2) is 0 Å². The van der Waals surface area contributed by atoms with E-state index < -0.39 is 11.2 Å². The molecule has 2 heterocycles. The number of rotatable bonds is 4. The minimum Gasteiger partial charge on any atom is -0.444 e. The van der Waals surface area contributed by atoms with Crippen molar-refractivity contribution < 1.29 is 28.7 Å². The van der Waals surface area contributed by atoms with E-state index in [0.29, 0.717) is 48.9 Å². The fourth-order valence-electron chi connectivity index (χ4n) is 4.28. The standard InChI is InChI=1S/2C16H23N3O3.CH4/c1-10-5-6-13(12(17)7-10)18-14(20)11-8-19(9-11)15(21)22-16(2,3)4;1-10-5-6-12(17)13(7-10)18-14(20)11-8-19(9-11)15(21)22-16(2,3)4;/h2*5-7,11H,8-9,17H2,1-4H3,(H,18,20);1H4. The van der Waals surface area contributed by atoms with Gasteiger partial charge in [0, 0.05) is 26.2 Å². The fraction of sp³-hybridized carbons (Fsp3) is 0.515. The smallest absolute Gasteiger partial charge is 0.410 e. The molecule has 12 heteroatoms. The van der Waals surface area contributed by atoms with Crippen molar-refractivity contribution >= 4 is 46.8 Å². The van der Waals surface area contributed by atoms with Gasteiger partial charge in [0.2, 0.25) is 11.8 Å². The van der Waals surface area contributed by atoms with Crippen molar-refractivity contribution in [1.29, 1.82) is 0 Å². The number of nitrogens with zero attached hydrogens (tertiary/aromatic N) is 2. The largest absolute Gasteiger partial charge is 0.444 e. The number of benzene rings is 2. The Labute approximate surface area is 266 Å². The third kappa shape index (κ3) is 10.9. The van der Waals surface area contributed by atoms with E-state index in [9.17, 15) is 19.2 Å². The Morgan fingerprint density at radius 2 is 1.07 bits per heavy atom. The molecule has 12 nitrogen and oxygen atoms in total. The number of anilines is 4. The Morgan fingerprint density at radius 3 is 1.49 bits per heavy atom. The van der Waals surface area contributed by atoms with Gasteiger partial charge in [-0.15, -0.1) is 0 Å². The third-order valence-electron chi connectivity index (χ3n) is 6.74. The highest BCUT2D eigenvalue weighted by Gasteiger charge is 2.39. The first-order valence-corrected chi connectivity index (χ1v) is 14.6. The van der Waals surface area contributed by atoms with Crippen molar-refractivity contribution in [3.63, 3.8) is 0 Å². The minimum absolute atomic E-state index is 0. The van der Waals surface area contributed by atoms with Crippen LogP contribution in [0.2, 0.25) is 0 Å². The molecule has 248 valence electrons. The van der Waals surface area contributed by atoms with E-state index in [-0.39, 0.29) is 43.3 Å². The van der Waals surface area contributed by atoms with Crippen LogP contribution in [0.3, 0.4) is 0 Å². The topological polar surface area (TPSA) is 169 Å². The van der Waals surface area contributed by atoms with Crippen LogP contribution < -0.4 is 22.1 Å². The van der Waals surface area contributed by atoms with Crippen molar-refractivity contribution in [1.82, 2.24) is 9.80 Å². The molecule has 4 rings (SSSR count). The van der Waals surface area contributed by atoms with Crippen LogP contribution in [0, 0.1) is 25.7 Å². The highest BCUT2D eigenvalue weighted by atomic mass is 16.6. The molecule has 0 radical (unpaired) electrons. The molecule has 4 amide bonds. The van der Waals surface area contributed by atoms with Gasteiger partial charge in [0.25, 0.3) is 0 Å². The van der Waals surface area contributed by atoms with E-state index in [1.807, 2.05) is 79.7 Å². The van der Waals surface area contributed by atoms with Gasteiger partial charge in [0.1, 0.15) is 11.2 Å². The SMILES string of the molecule is C.Cc1ccc(N)c(NC(=O)C2CN(C(=O)OC(C)(C)C)C2)c1.Cc1ccc(NC(=O)C2CN(C(=O)OC(C)(C)C)C2)c(N)c1. The molecule has 0 atom stereocenters. The number of ether oxygens (including phenoxy) is 2. The summed E-state index contributed by atoms with van der Waals surface area (Å²) in [6.07, 6.45) is -0.766. The minimum atomic E-state index is -0.527. The summed E-state index contributed by atoms with van der Waals surface area (Å²) in [5.41, 5.74) is 15.0. The molecular weight excluding hydrogens is 576 g/mol. The lowest BCUT2D eigenvalue weighted by Gasteiger charge is -2.38. The van der Waals surface area contributed by atoms with Gasteiger partial charge < -0.3 is 41.4 Å². The van der Waals surface area contributed by atoms with E-state index >= 15 is 0 Å². The lowest BCUT2D eigenvalue weighted by Crippen LogP contribution is -2.55. The van der Waals surface area contributed by atoms with Crippen molar-refractivity contribution in [3.05, 3.63) is 47.5 Å². The van der Waals surface area contributed by atoms with Gasteiger partial charge in [-0.25, -0.2) is 9.59 Å². The van der Waals surface area contributed by atoms with E-state index in [2.05, 4.69) is 10.6 Å². The second-order valence-corrected chi connectivity index (χ2v) is 13.3. The number of aryl methyl sites for hydroxylation is 2. The molecule has 0 aliphatic carbocycles. The Balaban J connectivity index is 0.000000307. The van der Waals surface area contributed by atoms with Crippen LogP contribution in [0.1, 0.15) is 60.1 Å². The molecule has 2 aromatic rings. The van der Waals surface area contributed by atoms with Crippen LogP contribution in [-0.2, 0) is 19.1 Å². The van der Waals surface area contributed by atoms with Crippen LogP contribution in [0.5, 0.6) is 0 Å². The quantitative estimate of drug-likeness (QED) is 0.327. The predicted octanol–water partition coefficient (Wildman–Crippen LogP) is 5.40. The number of nitrogens with two attached hydrogens (primary N) is 2. The lowest BCUT2D eigenvalue weighted by atomic mass is 9.99. The van der Waals surface area contributed by atoms with E-state index in [1.54, 1.807) is 12.1 Å². The first-order valence-electron chi connectivity index (χ1n) is 14.6. The summed E-state index contributed by atoms with van der Waals surface area (Å²) in [5.74, 6) is -0.715. The van der Waals surface area contributed by atoms with Crippen LogP contribution in [0.4, 0.5) is 32.3 Å². The maximum absolute atomic E-state index is 12.2. The monoisotopic (exact) mass is 626 g/mol. The molecule has 0 spiro atoms. The van der Waals surface area contributed by atoms with Gasteiger partial charge in [-0.1, -0.05) is 19.6 Å². The average molecular weight is 627 g/mol. The summed E-state index contributed by atoms with van der Waals surface area (Å²) in [6, 6.07) is 11.0. The number of nitrogen functional groups attached to an aromatic ring is 2. The number of likely N-dealkylation sites (tertiary alicyclic amines) is 2. The molecule has 2 aromatic carbocycles. The molecule has 6 N–H and O–H groups in total. The number of carbonyl (C=O) groups excluding carboxylic acids is 4. The summed E-state index contributed by atoms with van der Waals surface area (Å²) < 4.78 is 10.5. The van der Waals surface area contributed by atoms with Gasteiger partial charge in [-0.2, -0.15) is 0 Å². The Kier molecular flexibility index (Phi) is 11.9. The van der Waals surface area contributed by atoms with Crippen LogP contribution >= 0.6 is 0 Å². The highest BCUT2D eigenvalue weighted by molar-refractivity contribution is 5.97. The maximum atomic E-state index is 12.2. The van der Waals surface area contributed by atoms with Crippen LogP contribution in [0.15, 0.2) is 36.4 Å². The van der Waals surface area contributed by atoms with E-state index in [1.165, 1.54) is 9.80 Å². The van der Waals surface area contributed by atoms with Gasteiger partial charge in [0.05, 0.1) is 34.6 Å². The zero-order valence-electron chi connectivity index (χ0n) is 26.9. The molecule has 0 unspecified atom stereocenters. The number of hydrogen-bond acceptors (Lipinski definition) is 8. The molecule has 0 aromatic heterocycles. The fourth-order valence-corrected chi connectivity index (χ4v) is 4.28. The summed E-state index contributed by atoms with van der Waals surface area (Å²) in [4.78, 5) is 51.0. The van der Waals surface area contributed by atoms with Gasteiger partial charge in [-0.3, -0.25) is 9.59 Å². The van der Waals surface area contributed by atoms with Crippen LogP contribution in [0.25, 0.3) is 0 Å². The summed E-state index contributed by atoms with van der Waals surface area (Å²) in [6.45, 7) is 16.2. The van der Waals surface area contributed by atoms with Crippen molar-refractivity contribution in [2.24, 2.45) is 11.8 Å². The van der Waals surface area contributed by atoms with Crippen molar-refractivity contribution in [2.45, 2.75) is 74.0 Å². The second-order valence-electron chi connectivity index (χ2n) is 13.3. The molecule has 2 aliphatic rings. The van der Waals surface area contributed by atoms with E-state index in [4.69, 9.17) is 20.9 Å². The van der Waals surface area contributed by atoms with Crippen molar-refractivity contribution in [3.8, 4) is 0 Å². The molecule has 2 aliphatic heterocycles. The molecule has 0 saturated carbocycles. The highest BCUT2D eigenvalue weighted by Crippen LogP contribution is 2.26. The average Bonchev–Trinajstić information content (AvgIpc) is 2.79. The zero-order chi connectivity index (χ0) is 33.0. The number of nitrogens with one attached hydrogen (secondary N) is 2. The summed E-state index contributed by atoms with van der Waals surface area (Å²) >= 11 is 0. The van der Waals surface area contributed by atoms with Gasteiger partial charge >= 0.3 is 12.2 Å². The predicted molar refractivity (Wildman–Crippen MR) is 178 cm³/mol. The summed E-state index contributed by atoms with van der Waals surface area (Å²) in [7, 11) is 0. The molecule has 2 saturated heterocycles. The molecule has 45 heavy (non-hydrogen) atoms. The van der Waals surface area contributed by atoms with Crippen LogP contribution in [-0.4, -0.2) is 71.2 Å². The number of amides is 4. The second kappa shape index (κ2) is 14.5. The van der Waals surface area contributed by atoms with E-state index in [0.717, 1.165) is 11.1 Å².